The van der Waals surface area contributed by atoms with E-state index in [0.717, 1.165) is 6.42 Å². The summed E-state index contributed by atoms with van der Waals surface area (Å²) in [5.41, 5.74) is 0. The third-order valence-corrected chi connectivity index (χ3v) is 4.13. The molecule has 0 bridgehead atoms. The zero-order valence-corrected chi connectivity index (χ0v) is 13.8. The van der Waals surface area contributed by atoms with Gasteiger partial charge in [0.15, 0.2) is 0 Å². The molecule has 0 saturated carbocycles. The largest absolute Gasteiger partial charge is 0.494 e. The van der Waals surface area contributed by atoms with Crippen molar-refractivity contribution in [3.05, 3.63) is 30.1 Å². The Morgan fingerprint density at radius 3 is 2.75 bits per heavy atom. The highest BCUT2D eigenvalue weighted by Crippen LogP contribution is 2.17. The first kappa shape index (κ1) is 18.2. The van der Waals surface area contributed by atoms with Crippen LogP contribution in [0.5, 0.6) is 5.75 Å². The number of nitrogens with zero attached hydrogens (tertiary/aromatic N) is 2. The molecule has 1 aliphatic heterocycles. The fraction of sp³-hybridized carbons (Fsp3) is 0.529. The number of benzene rings is 1. The third-order valence-electron chi connectivity index (χ3n) is 4.13. The second-order valence-corrected chi connectivity index (χ2v) is 5.94. The molecule has 1 fully saturated rings. The Morgan fingerprint density at radius 2 is 2.08 bits per heavy atom. The van der Waals surface area contributed by atoms with Crippen molar-refractivity contribution >= 4 is 11.9 Å². The standard InChI is InChI=1S/C17H23FN2O4/c1-19(9-3-11-24-14-7-5-13(18)6-8-14)16(21)12-20-10-2-4-15(20)17(22)23/h5-8,15H,2-4,9-12H2,1H3,(H,22,23). The van der Waals surface area contributed by atoms with Crippen LogP contribution in [0.2, 0.25) is 0 Å². The van der Waals surface area contributed by atoms with Gasteiger partial charge < -0.3 is 14.7 Å². The van der Waals surface area contributed by atoms with Crippen molar-refractivity contribution in [2.75, 3.05) is 33.3 Å². The van der Waals surface area contributed by atoms with E-state index in [1.54, 1.807) is 29.0 Å². The molecule has 7 heteroatoms. The molecule has 0 radical (unpaired) electrons. The molecule has 0 spiro atoms. The van der Waals surface area contributed by atoms with Gasteiger partial charge in [0.2, 0.25) is 5.91 Å². The van der Waals surface area contributed by atoms with Crippen molar-refractivity contribution in [3.63, 3.8) is 0 Å². The second kappa shape index (κ2) is 8.63. The number of amides is 1. The highest BCUT2D eigenvalue weighted by molar-refractivity contribution is 5.80. The molecule has 1 aliphatic rings. The lowest BCUT2D eigenvalue weighted by atomic mass is 10.2. The monoisotopic (exact) mass is 338 g/mol. The van der Waals surface area contributed by atoms with Crippen LogP contribution in [0.15, 0.2) is 24.3 Å². The third kappa shape index (κ3) is 5.19. The summed E-state index contributed by atoms with van der Waals surface area (Å²) in [6, 6.07) is 5.23. The van der Waals surface area contributed by atoms with Gasteiger partial charge in [0, 0.05) is 13.6 Å². The van der Waals surface area contributed by atoms with Gasteiger partial charge >= 0.3 is 5.97 Å². The molecule has 1 saturated heterocycles. The molecule has 1 N–H and O–H groups in total. The molecule has 132 valence electrons. The summed E-state index contributed by atoms with van der Waals surface area (Å²) in [5, 5.41) is 9.13. The molecule has 1 atom stereocenters. The SMILES string of the molecule is CN(CCCOc1ccc(F)cc1)C(=O)CN1CCCC1C(=O)O. The van der Waals surface area contributed by atoms with Crippen molar-refractivity contribution in [2.45, 2.75) is 25.3 Å². The van der Waals surface area contributed by atoms with Crippen LogP contribution in [0.4, 0.5) is 4.39 Å². The topological polar surface area (TPSA) is 70.1 Å². The molecule has 6 nitrogen and oxygen atoms in total. The van der Waals surface area contributed by atoms with Crippen LogP contribution in [0, 0.1) is 5.82 Å². The minimum atomic E-state index is -0.865. The second-order valence-electron chi connectivity index (χ2n) is 5.94. The number of halogens is 1. The van der Waals surface area contributed by atoms with Crippen molar-refractivity contribution in [2.24, 2.45) is 0 Å². The summed E-state index contributed by atoms with van der Waals surface area (Å²) in [4.78, 5) is 26.6. The van der Waals surface area contributed by atoms with E-state index < -0.39 is 12.0 Å². The van der Waals surface area contributed by atoms with E-state index in [2.05, 4.69) is 0 Å². The van der Waals surface area contributed by atoms with Gasteiger partial charge in [0.1, 0.15) is 17.6 Å². The van der Waals surface area contributed by atoms with Crippen molar-refractivity contribution < 1.29 is 23.8 Å². The van der Waals surface area contributed by atoms with Crippen LogP contribution in [-0.4, -0.2) is 66.1 Å². The Hall–Kier alpha value is -2.15. The van der Waals surface area contributed by atoms with Crippen molar-refractivity contribution in [1.29, 1.82) is 0 Å². The highest BCUT2D eigenvalue weighted by atomic mass is 19.1. The summed E-state index contributed by atoms with van der Waals surface area (Å²) in [5.74, 6) is -0.679. The number of hydrogen-bond acceptors (Lipinski definition) is 4. The van der Waals surface area contributed by atoms with Crippen LogP contribution >= 0.6 is 0 Å². The molecular weight excluding hydrogens is 315 g/mol. The molecule has 0 aliphatic carbocycles. The normalized spacial score (nSPS) is 17.7. The van der Waals surface area contributed by atoms with Gasteiger partial charge in [-0.25, -0.2) is 4.39 Å². The summed E-state index contributed by atoms with van der Waals surface area (Å²) in [6.07, 6.45) is 2.04. The van der Waals surface area contributed by atoms with Crippen molar-refractivity contribution in [3.8, 4) is 5.75 Å². The number of likely N-dealkylation sites (tertiary alicyclic amines) is 1. The van der Waals surface area contributed by atoms with Gasteiger partial charge in [-0.15, -0.1) is 0 Å². The maximum absolute atomic E-state index is 12.8. The van der Waals surface area contributed by atoms with Gasteiger partial charge in [-0.2, -0.15) is 0 Å². The molecule has 24 heavy (non-hydrogen) atoms. The maximum atomic E-state index is 12.8. The van der Waals surface area contributed by atoms with E-state index in [1.807, 2.05) is 0 Å². The predicted molar refractivity (Wildman–Crippen MR) is 86.4 cm³/mol. The van der Waals surface area contributed by atoms with E-state index >= 15 is 0 Å². The van der Waals surface area contributed by atoms with Crippen LogP contribution in [-0.2, 0) is 9.59 Å². The Labute approximate surface area is 140 Å². The van der Waals surface area contributed by atoms with Gasteiger partial charge in [0.25, 0.3) is 0 Å². The van der Waals surface area contributed by atoms with Crippen LogP contribution in [0.25, 0.3) is 0 Å². The number of likely N-dealkylation sites (N-methyl/N-ethyl adjacent to an activating group) is 1. The van der Waals surface area contributed by atoms with Crippen molar-refractivity contribution in [1.82, 2.24) is 9.80 Å². The first-order valence-electron chi connectivity index (χ1n) is 8.06. The van der Waals surface area contributed by atoms with E-state index in [9.17, 15) is 14.0 Å². The molecular formula is C17H23FN2O4. The maximum Gasteiger partial charge on any atom is 0.320 e. The molecule has 1 unspecified atom stereocenters. The fourth-order valence-corrected chi connectivity index (χ4v) is 2.74. The lowest BCUT2D eigenvalue weighted by Crippen LogP contribution is -2.43. The smallest absolute Gasteiger partial charge is 0.320 e. The summed E-state index contributed by atoms with van der Waals surface area (Å²) >= 11 is 0. The number of carbonyl (C=O) groups is 2. The first-order valence-corrected chi connectivity index (χ1v) is 8.06. The Bertz CT molecular complexity index is 564. The van der Waals surface area contributed by atoms with Gasteiger partial charge in [-0.3, -0.25) is 14.5 Å². The zero-order valence-electron chi connectivity index (χ0n) is 13.8. The Kier molecular flexibility index (Phi) is 6.54. The van der Waals surface area contributed by atoms with E-state index in [1.165, 1.54) is 12.1 Å². The number of carboxylic acids is 1. The van der Waals surface area contributed by atoms with Crippen LogP contribution < -0.4 is 4.74 Å². The molecule has 1 aromatic carbocycles. The van der Waals surface area contributed by atoms with E-state index in [0.29, 0.717) is 38.3 Å². The Morgan fingerprint density at radius 1 is 1.38 bits per heavy atom. The Balaban J connectivity index is 1.68. The summed E-state index contributed by atoms with van der Waals surface area (Å²) < 4.78 is 18.3. The molecule has 1 amide bonds. The molecule has 1 heterocycles. The number of carbonyl (C=O) groups excluding carboxylic acids is 1. The van der Waals surface area contributed by atoms with Gasteiger partial charge in [-0.05, 0) is 50.1 Å². The minimum absolute atomic E-state index is 0.0927. The molecule has 2 rings (SSSR count). The first-order chi connectivity index (χ1) is 11.5. The minimum Gasteiger partial charge on any atom is -0.494 e. The average molecular weight is 338 g/mol. The van der Waals surface area contributed by atoms with Gasteiger partial charge in [0.05, 0.1) is 13.2 Å². The summed E-state index contributed by atoms with van der Waals surface area (Å²) in [7, 11) is 1.70. The highest BCUT2D eigenvalue weighted by Gasteiger charge is 2.32. The average Bonchev–Trinajstić information content (AvgIpc) is 3.01. The van der Waals surface area contributed by atoms with E-state index in [4.69, 9.17) is 9.84 Å². The molecule has 1 aromatic rings. The van der Waals surface area contributed by atoms with Crippen LogP contribution in [0.1, 0.15) is 19.3 Å². The summed E-state index contributed by atoms with van der Waals surface area (Å²) in [6.45, 7) is 1.72. The predicted octanol–water partition coefficient (Wildman–Crippen LogP) is 1.60. The number of ether oxygens (including phenoxy) is 1. The lowest BCUT2D eigenvalue weighted by molar-refractivity contribution is -0.143. The number of carboxylic acid groups (broad SMARTS) is 1. The van der Waals surface area contributed by atoms with Crippen LogP contribution in [0.3, 0.4) is 0 Å². The number of rotatable bonds is 8. The quantitative estimate of drug-likeness (QED) is 0.729. The number of hydrogen-bond donors (Lipinski definition) is 1. The van der Waals surface area contributed by atoms with E-state index in [-0.39, 0.29) is 18.3 Å². The molecule has 0 aromatic heterocycles. The van der Waals surface area contributed by atoms with Gasteiger partial charge in [-0.1, -0.05) is 0 Å². The lowest BCUT2D eigenvalue weighted by Gasteiger charge is -2.24. The fourth-order valence-electron chi connectivity index (χ4n) is 2.74. The number of aliphatic carboxylic acids is 1. The zero-order chi connectivity index (χ0) is 17.5.